The fourth-order valence-electron chi connectivity index (χ4n) is 1.24. The second kappa shape index (κ2) is 5.22. The first-order valence-corrected chi connectivity index (χ1v) is 6.08. The third kappa shape index (κ3) is 3.23. The smallest absolute Gasteiger partial charge is 0.258 e. The van der Waals surface area contributed by atoms with Gasteiger partial charge in [-0.15, -0.1) is 0 Å². The van der Waals surface area contributed by atoms with E-state index in [-0.39, 0.29) is 5.91 Å². The largest absolute Gasteiger partial charge is 0.307 e. The number of halogens is 1. The van der Waals surface area contributed by atoms with Crippen molar-refractivity contribution in [3.8, 4) is 0 Å². The van der Waals surface area contributed by atoms with Crippen molar-refractivity contribution >= 4 is 34.3 Å². The lowest BCUT2D eigenvalue weighted by molar-refractivity contribution is 0.102. The Balaban J connectivity index is 2.11. The molecule has 2 heterocycles. The van der Waals surface area contributed by atoms with Crippen LogP contribution in [0.4, 0.5) is 5.82 Å². The fourth-order valence-corrected chi connectivity index (χ4v) is 1.56. The van der Waals surface area contributed by atoms with E-state index in [1.54, 1.807) is 30.6 Å². The number of carbonyl (C=O) groups excluding carboxylic acids is 1. The molecule has 86 valence electrons. The summed E-state index contributed by atoms with van der Waals surface area (Å²) in [6.45, 7) is 1.88. The van der Waals surface area contributed by atoms with Crippen LogP contribution in [0.5, 0.6) is 0 Å². The van der Waals surface area contributed by atoms with Crippen molar-refractivity contribution in [2.75, 3.05) is 5.32 Å². The lowest BCUT2D eigenvalue weighted by atomic mass is 10.2. The van der Waals surface area contributed by atoms with Gasteiger partial charge in [-0.25, -0.2) is 4.98 Å². The normalized spacial score (nSPS) is 10.0. The van der Waals surface area contributed by atoms with E-state index in [1.807, 2.05) is 13.0 Å². The van der Waals surface area contributed by atoms with Gasteiger partial charge in [0.2, 0.25) is 0 Å². The molecule has 2 aromatic heterocycles. The van der Waals surface area contributed by atoms with Gasteiger partial charge < -0.3 is 5.32 Å². The van der Waals surface area contributed by atoms with Gasteiger partial charge in [-0.05, 0) is 53.8 Å². The molecule has 0 unspecified atom stereocenters. The van der Waals surface area contributed by atoms with Crippen molar-refractivity contribution in [1.82, 2.24) is 9.97 Å². The van der Waals surface area contributed by atoms with Crippen molar-refractivity contribution in [3.05, 3.63) is 51.5 Å². The average Bonchev–Trinajstić information content (AvgIpc) is 2.33. The van der Waals surface area contributed by atoms with Crippen LogP contribution in [-0.4, -0.2) is 15.9 Å². The number of hydrogen-bond donors (Lipinski definition) is 1. The van der Waals surface area contributed by atoms with Crippen LogP contribution >= 0.6 is 22.6 Å². The number of rotatable bonds is 2. The Morgan fingerprint density at radius 2 is 2.00 bits per heavy atom. The maximum atomic E-state index is 11.8. The molecule has 0 radical (unpaired) electrons. The molecule has 0 aliphatic rings. The summed E-state index contributed by atoms with van der Waals surface area (Å²) < 4.78 is 1.03. The zero-order valence-corrected chi connectivity index (χ0v) is 11.3. The van der Waals surface area contributed by atoms with Crippen LogP contribution in [0.3, 0.4) is 0 Å². The summed E-state index contributed by atoms with van der Waals surface area (Å²) in [6, 6.07) is 7.19. The van der Waals surface area contributed by atoms with E-state index < -0.39 is 0 Å². The topological polar surface area (TPSA) is 54.9 Å². The monoisotopic (exact) mass is 339 g/mol. The van der Waals surface area contributed by atoms with Crippen LogP contribution in [0.15, 0.2) is 36.7 Å². The Bertz CT molecular complexity index is 522. The van der Waals surface area contributed by atoms with Crippen molar-refractivity contribution in [2.24, 2.45) is 0 Å². The van der Waals surface area contributed by atoms with E-state index in [4.69, 9.17) is 0 Å². The quantitative estimate of drug-likeness (QED) is 0.856. The molecule has 2 rings (SSSR count). The molecule has 1 N–H and O–H groups in total. The van der Waals surface area contributed by atoms with Crippen LogP contribution in [0.25, 0.3) is 0 Å². The minimum Gasteiger partial charge on any atom is -0.307 e. The predicted molar refractivity (Wildman–Crippen MR) is 73.9 cm³/mol. The molecule has 0 saturated heterocycles. The second-order valence-corrected chi connectivity index (χ2v) is 4.75. The Morgan fingerprint density at radius 3 is 2.59 bits per heavy atom. The molecule has 5 heteroatoms. The molecule has 1 amide bonds. The van der Waals surface area contributed by atoms with Crippen LogP contribution < -0.4 is 5.32 Å². The number of nitrogens with one attached hydrogen (secondary N) is 1. The number of amides is 1. The number of hydrogen-bond acceptors (Lipinski definition) is 3. The summed E-state index contributed by atoms with van der Waals surface area (Å²) in [5, 5.41) is 2.71. The molecule has 0 atom stereocenters. The summed E-state index contributed by atoms with van der Waals surface area (Å²) >= 11 is 2.16. The Labute approximate surface area is 113 Å². The Hall–Kier alpha value is -1.50. The first-order valence-electron chi connectivity index (χ1n) is 5.01. The first-order chi connectivity index (χ1) is 8.15. The molecule has 0 spiro atoms. The van der Waals surface area contributed by atoms with Crippen molar-refractivity contribution in [2.45, 2.75) is 6.92 Å². The number of nitrogens with zero attached hydrogens (tertiary/aromatic N) is 2. The molecule has 2 aromatic rings. The number of carbonyl (C=O) groups is 1. The summed E-state index contributed by atoms with van der Waals surface area (Å²) in [5.74, 6) is 0.335. The van der Waals surface area contributed by atoms with Gasteiger partial charge in [0, 0.05) is 21.7 Å². The molecular formula is C12H10IN3O. The highest BCUT2D eigenvalue weighted by molar-refractivity contribution is 14.1. The number of aryl methyl sites for hydroxylation is 1. The molecule has 0 aliphatic carbocycles. The van der Waals surface area contributed by atoms with Gasteiger partial charge in [-0.2, -0.15) is 0 Å². The molecule has 4 nitrogen and oxygen atoms in total. The minimum absolute atomic E-state index is 0.203. The van der Waals surface area contributed by atoms with E-state index in [1.165, 1.54) is 0 Å². The number of pyridine rings is 2. The van der Waals surface area contributed by atoms with Crippen LogP contribution in [0, 0.1) is 10.5 Å². The van der Waals surface area contributed by atoms with Gasteiger partial charge in [-0.3, -0.25) is 9.78 Å². The first kappa shape index (κ1) is 12.0. The predicted octanol–water partition coefficient (Wildman–Crippen LogP) is 2.64. The third-order valence-electron chi connectivity index (χ3n) is 2.14. The van der Waals surface area contributed by atoms with Gasteiger partial charge in [0.15, 0.2) is 0 Å². The van der Waals surface area contributed by atoms with E-state index in [0.717, 1.165) is 9.26 Å². The standard InChI is InChI=1S/C12H10IN3O/c1-8-2-3-9(6-14-8)12(17)16-11-5-4-10(13)7-15-11/h2-7H,1H3,(H,15,16,17). The SMILES string of the molecule is Cc1ccc(C(=O)Nc2ccc(I)cn2)cn1. The van der Waals surface area contributed by atoms with Crippen LogP contribution in [-0.2, 0) is 0 Å². The fraction of sp³-hybridized carbons (Fsp3) is 0.0833. The maximum Gasteiger partial charge on any atom is 0.258 e. The van der Waals surface area contributed by atoms with Crippen LogP contribution in [0.1, 0.15) is 16.1 Å². The van der Waals surface area contributed by atoms with Crippen molar-refractivity contribution in [3.63, 3.8) is 0 Å². The van der Waals surface area contributed by atoms with Crippen molar-refractivity contribution in [1.29, 1.82) is 0 Å². The minimum atomic E-state index is -0.203. The molecule has 0 fully saturated rings. The van der Waals surface area contributed by atoms with E-state index >= 15 is 0 Å². The molecule has 0 aliphatic heterocycles. The highest BCUT2D eigenvalue weighted by atomic mass is 127. The van der Waals surface area contributed by atoms with Gasteiger partial charge in [-0.1, -0.05) is 0 Å². The Kier molecular flexibility index (Phi) is 3.68. The summed E-state index contributed by atoms with van der Waals surface area (Å²) in [4.78, 5) is 20.0. The zero-order chi connectivity index (χ0) is 12.3. The zero-order valence-electron chi connectivity index (χ0n) is 9.14. The van der Waals surface area contributed by atoms with E-state index in [9.17, 15) is 4.79 Å². The third-order valence-corrected chi connectivity index (χ3v) is 2.78. The van der Waals surface area contributed by atoms with Gasteiger partial charge >= 0.3 is 0 Å². The van der Waals surface area contributed by atoms with Crippen molar-refractivity contribution < 1.29 is 4.79 Å². The number of aromatic nitrogens is 2. The average molecular weight is 339 g/mol. The van der Waals surface area contributed by atoms with Crippen LogP contribution in [0.2, 0.25) is 0 Å². The molecular weight excluding hydrogens is 329 g/mol. The molecule has 0 bridgehead atoms. The summed E-state index contributed by atoms with van der Waals surface area (Å²) in [6.07, 6.45) is 3.25. The number of anilines is 1. The molecule has 0 saturated carbocycles. The van der Waals surface area contributed by atoms with Gasteiger partial charge in [0.25, 0.3) is 5.91 Å². The summed E-state index contributed by atoms with van der Waals surface area (Å²) in [5.41, 5.74) is 1.41. The summed E-state index contributed by atoms with van der Waals surface area (Å²) in [7, 11) is 0. The highest BCUT2D eigenvalue weighted by Crippen LogP contribution is 2.09. The molecule has 0 aromatic carbocycles. The highest BCUT2D eigenvalue weighted by Gasteiger charge is 2.06. The molecule has 17 heavy (non-hydrogen) atoms. The van der Waals surface area contributed by atoms with E-state index in [2.05, 4.69) is 37.9 Å². The second-order valence-electron chi connectivity index (χ2n) is 3.50. The lowest BCUT2D eigenvalue weighted by Crippen LogP contribution is -2.13. The lowest BCUT2D eigenvalue weighted by Gasteiger charge is -2.04. The van der Waals surface area contributed by atoms with Gasteiger partial charge in [0.1, 0.15) is 5.82 Å². The maximum absolute atomic E-state index is 11.8. The Morgan fingerprint density at radius 1 is 1.18 bits per heavy atom. The van der Waals surface area contributed by atoms with Gasteiger partial charge in [0.05, 0.1) is 5.56 Å². The van der Waals surface area contributed by atoms with E-state index in [0.29, 0.717) is 11.4 Å².